The van der Waals surface area contributed by atoms with Gasteiger partial charge in [0.05, 0.1) is 24.1 Å². The maximum Gasteiger partial charge on any atom is 0.418 e. The zero-order valence-electron chi connectivity index (χ0n) is 19.1. The molecule has 1 aromatic heterocycles. The van der Waals surface area contributed by atoms with Crippen LogP contribution in [0.1, 0.15) is 11.1 Å². The molecule has 0 bridgehead atoms. The number of amides is 1. The fourth-order valence-electron chi connectivity index (χ4n) is 3.47. The number of carbonyl (C=O) groups excluding carboxylic acids is 1. The first-order valence-electron chi connectivity index (χ1n) is 10.6. The summed E-state index contributed by atoms with van der Waals surface area (Å²) >= 11 is 6.77. The maximum absolute atomic E-state index is 13.4. The third kappa shape index (κ3) is 5.83. The van der Waals surface area contributed by atoms with Gasteiger partial charge in [-0.3, -0.25) is 9.36 Å². The van der Waals surface area contributed by atoms with E-state index in [0.29, 0.717) is 16.7 Å². The molecule has 36 heavy (non-hydrogen) atoms. The van der Waals surface area contributed by atoms with E-state index in [1.807, 2.05) is 43.3 Å². The number of anilines is 1. The summed E-state index contributed by atoms with van der Waals surface area (Å²) in [6, 6.07) is 18.2. The molecule has 3 aromatic carbocycles. The van der Waals surface area contributed by atoms with E-state index in [1.165, 1.54) is 6.07 Å². The van der Waals surface area contributed by atoms with Crippen LogP contribution in [-0.4, -0.2) is 33.5 Å². The van der Waals surface area contributed by atoms with Crippen molar-refractivity contribution in [2.45, 2.75) is 18.3 Å². The number of benzene rings is 3. The van der Waals surface area contributed by atoms with Crippen molar-refractivity contribution in [1.29, 1.82) is 0 Å². The molecule has 0 atom stereocenters. The Morgan fingerprint density at radius 3 is 2.50 bits per heavy atom. The number of nitrogens with one attached hydrogen (secondary N) is 1. The minimum Gasteiger partial charge on any atom is -0.497 e. The predicted octanol–water partition coefficient (Wildman–Crippen LogP) is 6.65. The Morgan fingerprint density at radius 2 is 1.83 bits per heavy atom. The zero-order valence-corrected chi connectivity index (χ0v) is 20.7. The lowest BCUT2D eigenvalue weighted by Gasteiger charge is -2.14. The van der Waals surface area contributed by atoms with Crippen LogP contribution in [0.25, 0.3) is 17.1 Å². The van der Waals surface area contributed by atoms with Crippen molar-refractivity contribution >= 4 is 35.0 Å². The molecule has 1 amide bonds. The second-order valence-corrected chi connectivity index (χ2v) is 9.11. The Morgan fingerprint density at radius 1 is 1.08 bits per heavy atom. The summed E-state index contributed by atoms with van der Waals surface area (Å²) < 4.78 is 47.1. The summed E-state index contributed by atoms with van der Waals surface area (Å²) in [4.78, 5) is 12.6. The number of carbonyl (C=O) groups is 1. The molecule has 0 saturated carbocycles. The van der Waals surface area contributed by atoms with Crippen LogP contribution in [0, 0.1) is 6.92 Å². The third-order valence-electron chi connectivity index (χ3n) is 5.13. The summed E-state index contributed by atoms with van der Waals surface area (Å²) in [5.41, 5.74) is 1.21. The molecule has 6 nitrogen and oxygen atoms in total. The fourth-order valence-corrected chi connectivity index (χ4v) is 4.40. The molecule has 4 aromatic rings. The Kier molecular flexibility index (Phi) is 7.56. The van der Waals surface area contributed by atoms with Crippen molar-refractivity contribution in [3.63, 3.8) is 0 Å². The van der Waals surface area contributed by atoms with E-state index in [1.54, 1.807) is 23.8 Å². The van der Waals surface area contributed by atoms with Gasteiger partial charge in [0, 0.05) is 16.3 Å². The van der Waals surface area contributed by atoms with Crippen LogP contribution in [0.15, 0.2) is 71.9 Å². The van der Waals surface area contributed by atoms with E-state index >= 15 is 0 Å². The van der Waals surface area contributed by atoms with Crippen LogP contribution in [-0.2, 0) is 11.0 Å². The van der Waals surface area contributed by atoms with Gasteiger partial charge in [-0.05, 0) is 55.5 Å². The molecule has 186 valence electrons. The first-order chi connectivity index (χ1) is 17.2. The molecule has 0 unspecified atom stereocenters. The highest BCUT2D eigenvalue weighted by Gasteiger charge is 2.34. The number of aromatic nitrogens is 3. The van der Waals surface area contributed by atoms with E-state index in [-0.39, 0.29) is 16.5 Å². The number of hydrogen-bond acceptors (Lipinski definition) is 5. The van der Waals surface area contributed by atoms with Crippen molar-refractivity contribution in [1.82, 2.24) is 14.8 Å². The topological polar surface area (TPSA) is 69.0 Å². The molecule has 0 aliphatic rings. The molecular weight excluding hydrogens is 513 g/mol. The fraction of sp³-hybridized carbons (Fsp3) is 0.160. The van der Waals surface area contributed by atoms with Gasteiger partial charge in [0.15, 0.2) is 11.0 Å². The van der Waals surface area contributed by atoms with Crippen LogP contribution in [0.5, 0.6) is 5.75 Å². The largest absolute Gasteiger partial charge is 0.497 e. The van der Waals surface area contributed by atoms with Gasteiger partial charge in [-0.1, -0.05) is 47.1 Å². The van der Waals surface area contributed by atoms with Crippen LogP contribution < -0.4 is 10.1 Å². The smallest absolute Gasteiger partial charge is 0.418 e. The number of alkyl halides is 3. The Balaban J connectivity index is 1.61. The lowest BCUT2D eigenvalue weighted by atomic mass is 10.1. The molecule has 0 fully saturated rings. The van der Waals surface area contributed by atoms with Gasteiger partial charge >= 0.3 is 6.18 Å². The summed E-state index contributed by atoms with van der Waals surface area (Å²) in [6.45, 7) is 1.96. The molecule has 1 heterocycles. The molecule has 0 spiro atoms. The number of hydrogen-bond donors (Lipinski definition) is 1. The second-order valence-electron chi connectivity index (χ2n) is 7.73. The molecule has 4 rings (SSSR count). The quantitative estimate of drug-likeness (QED) is 0.270. The van der Waals surface area contributed by atoms with Gasteiger partial charge in [0.25, 0.3) is 0 Å². The number of rotatable bonds is 7. The highest BCUT2D eigenvalue weighted by Crippen LogP contribution is 2.37. The van der Waals surface area contributed by atoms with Gasteiger partial charge in [0.2, 0.25) is 5.91 Å². The normalized spacial score (nSPS) is 11.4. The number of aryl methyl sites for hydroxylation is 1. The minimum atomic E-state index is -4.67. The Labute approximate surface area is 214 Å². The summed E-state index contributed by atoms with van der Waals surface area (Å²) in [7, 11) is 1.57. The summed E-state index contributed by atoms with van der Waals surface area (Å²) in [5, 5.41) is 11.2. The predicted molar refractivity (Wildman–Crippen MR) is 134 cm³/mol. The van der Waals surface area contributed by atoms with E-state index < -0.39 is 17.6 Å². The third-order valence-corrected chi connectivity index (χ3v) is 6.30. The lowest BCUT2D eigenvalue weighted by molar-refractivity contribution is -0.137. The highest BCUT2D eigenvalue weighted by atomic mass is 35.5. The average molecular weight is 533 g/mol. The molecule has 0 aliphatic heterocycles. The van der Waals surface area contributed by atoms with Crippen molar-refractivity contribution in [2.75, 3.05) is 18.2 Å². The van der Waals surface area contributed by atoms with Crippen molar-refractivity contribution in [2.24, 2.45) is 0 Å². The van der Waals surface area contributed by atoms with Gasteiger partial charge < -0.3 is 10.1 Å². The maximum atomic E-state index is 13.4. The van der Waals surface area contributed by atoms with E-state index in [4.69, 9.17) is 16.3 Å². The van der Waals surface area contributed by atoms with Crippen LogP contribution in [0.4, 0.5) is 18.9 Å². The second kappa shape index (κ2) is 10.6. The number of thioether (sulfide) groups is 1. The van der Waals surface area contributed by atoms with Crippen molar-refractivity contribution in [3.8, 4) is 22.8 Å². The molecule has 11 heteroatoms. The molecule has 0 saturated heterocycles. The van der Waals surface area contributed by atoms with E-state index in [0.717, 1.165) is 40.7 Å². The molecule has 1 N–H and O–H groups in total. The molecule has 0 radical (unpaired) electrons. The Bertz CT molecular complexity index is 1390. The Hall–Kier alpha value is -3.50. The number of nitrogens with zero attached hydrogens (tertiary/aromatic N) is 3. The summed E-state index contributed by atoms with van der Waals surface area (Å²) in [6.07, 6.45) is -4.67. The molecular formula is C25H20ClF3N4O2S. The summed E-state index contributed by atoms with van der Waals surface area (Å²) in [5.74, 6) is 0.404. The first kappa shape index (κ1) is 25.6. The number of ether oxygens (including phenoxy) is 1. The molecule has 0 aliphatic carbocycles. The van der Waals surface area contributed by atoms with Gasteiger partial charge in [0.1, 0.15) is 5.75 Å². The van der Waals surface area contributed by atoms with E-state index in [2.05, 4.69) is 15.5 Å². The zero-order chi connectivity index (χ0) is 25.9. The van der Waals surface area contributed by atoms with Crippen molar-refractivity contribution < 1.29 is 22.7 Å². The standard InChI is InChI=1S/C25H20ClF3N4O2S/c1-15-4-3-5-16(12-15)23-31-32-24(33(23)18-7-9-19(35-2)10-8-18)36-14-22(34)30-21-11-6-17(26)13-20(21)25(27,28)29/h3-13H,14H2,1-2H3,(H,30,34). The van der Waals surface area contributed by atoms with Crippen LogP contribution in [0.2, 0.25) is 5.02 Å². The highest BCUT2D eigenvalue weighted by molar-refractivity contribution is 7.99. The van der Waals surface area contributed by atoms with Gasteiger partial charge in [-0.25, -0.2) is 0 Å². The number of halogens is 4. The average Bonchev–Trinajstić information content (AvgIpc) is 3.27. The lowest BCUT2D eigenvalue weighted by Crippen LogP contribution is -2.18. The van der Waals surface area contributed by atoms with E-state index in [9.17, 15) is 18.0 Å². The van der Waals surface area contributed by atoms with Gasteiger partial charge in [-0.2, -0.15) is 13.2 Å². The van der Waals surface area contributed by atoms with Crippen LogP contribution in [0.3, 0.4) is 0 Å². The van der Waals surface area contributed by atoms with Crippen molar-refractivity contribution in [3.05, 3.63) is 82.9 Å². The van der Waals surface area contributed by atoms with Crippen LogP contribution >= 0.6 is 23.4 Å². The minimum absolute atomic E-state index is 0.0778. The number of methoxy groups -OCH3 is 1. The SMILES string of the molecule is COc1ccc(-n2c(SCC(=O)Nc3ccc(Cl)cc3C(F)(F)F)nnc2-c2cccc(C)c2)cc1. The monoisotopic (exact) mass is 532 g/mol. The van der Waals surface area contributed by atoms with Gasteiger partial charge in [-0.15, -0.1) is 10.2 Å². The first-order valence-corrected chi connectivity index (χ1v) is 12.0.